The number of carbonyl (C=O) groups excluding carboxylic acids is 2. The highest BCUT2D eigenvalue weighted by atomic mass is 32.1. The Bertz CT molecular complexity index is 1460. The molecule has 1 N–H and O–H groups in total. The Labute approximate surface area is 233 Å². The number of amides is 2. The van der Waals surface area contributed by atoms with Gasteiger partial charge in [0.05, 0.1) is 4.86 Å². The Balaban J connectivity index is 1.78. The molecule has 0 saturated carbocycles. The SMILES string of the molecule is C#Cc1nc(C(=O)N(c2ccc(C(=S)c3ccccc3C)cc2)C(C(=O)NC(C)(C)C)C2C=CC=C2)cs1. The molecule has 0 radical (unpaired) electrons. The Morgan fingerprint density at radius 1 is 1.11 bits per heavy atom. The van der Waals surface area contributed by atoms with Gasteiger partial charge in [0.1, 0.15) is 11.7 Å². The van der Waals surface area contributed by atoms with Crippen LogP contribution >= 0.6 is 23.6 Å². The molecule has 2 aromatic carbocycles. The molecule has 192 valence electrons. The van der Waals surface area contributed by atoms with Crippen molar-refractivity contribution in [1.29, 1.82) is 0 Å². The Morgan fingerprint density at radius 3 is 2.34 bits per heavy atom. The molecule has 4 rings (SSSR count). The maximum atomic E-state index is 14.0. The first-order chi connectivity index (χ1) is 18.1. The zero-order chi connectivity index (χ0) is 27.4. The summed E-state index contributed by atoms with van der Waals surface area (Å²) in [5, 5.41) is 5.09. The molecule has 5 nitrogen and oxygen atoms in total. The summed E-state index contributed by atoms with van der Waals surface area (Å²) in [6, 6.07) is 14.5. The summed E-state index contributed by atoms with van der Waals surface area (Å²) in [5.41, 5.74) is 3.19. The summed E-state index contributed by atoms with van der Waals surface area (Å²) in [4.78, 5) is 34.2. The normalized spacial score (nSPS) is 13.7. The lowest BCUT2D eigenvalue weighted by Gasteiger charge is -2.35. The molecule has 0 saturated heterocycles. The van der Waals surface area contributed by atoms with Gasteiger partial charge >= 0.3 is 0 Å². The van der Waals surface area contributed by atoms with Crippen molar-refractivity contribution in [3.63, 3.8) is 0 Å². The monoisotopic (exact) mass is 539 g/mol. The van der Waals surface area contributed by atoms with E-state index in [1.165, 1.54) is 16.2 Å². The molecule has 2 amide bonds. The summed E-state index contributed by atoms with van der Waals surface area (Å²) >= 11 is 7.00. The Hall–Kier alpha value is -3.86. The van der Waals surface area contributed by atoms with Gasteiger partial charge in [-0.2, -0.15) is 0 Å². The van der Waals surface area contributed by atoms with Crippen molar-refractivity contribution >= 4 is 45.9 Å². The van der Waals surface area contributed by atoms with Gasteiger partial charge in [-0.25, -0.2) is 4.98 Å². The second-order valence-electron chi connectivity index (χ2n) is 10.1. The number of thiazole rings is 1. The van der Waals surface area contributed by atoms with Gasteiger partial charge in [0.25, 0.3) is 5.91 Å². The minimum Gasteiger partial charge on any atom is -0.350 e. The van der Waals surface area contributed by atoms with Crippen LogP contribution in [0.5, 0.6) is 0 Å². The summed E-state index contributed by atoms with van der Waals surface area (Å²) in [6.07, 6.45) is 13.1. The minimum absolute atomic E-state index is 0.196. The number of hydrogen-bond acceptors (Lipinski definition) is 5. The number of aryl methyl sites for hydroxylation is 1. The molecule has 1 aliphatic rings. The fourth-order valence-corrected chi connectivity index (χ4v) is 5.25. The van der Waals surface area contributed by atoms with Crippen LogP contribution in [0, 0.1) is 25.2 Å². The standard InChI is InChI=1S/C31H29N3O2S2/c1-6-26-32-25(19-38-26)30(36)34(27(21-12-8-9-13-21)29(35)33-31(3,4)5)23-17-15-22(16-18-23)28(37)24-14-10-7-11-20(24)2/h1,7-19,21,27H,2-5H3,(H,33,35). The largest absolute Gasteiger partial charge is 0.350 e. The van der Waals surface area contributed by atoms with Gasteiger partial charge in [0, 0.05) is 22.5 Å². The first-order valence-electron chi connectivity index (χ1n) is 12.2. The molecule has 0 bridgehead atoms. The third-order valence-corrected chi connectivity index (χ3v) is 7.28. The van der Waals surface area contributed by atoms with Gasteiger partial charge in [-0.1, -0.05) is 72.9 Å². The highest BCUT2D eigenvalue weighted by Crippen LogP contribution is 2.29. The smallest absolute Gasteiger partial charge is 0.278 e. The van der Waals surface area contributed by atoms with Crippen molar-refractivity contribution in [1.82, 2.24) is 10.3 Å². The van der Waals surface area contributed by atoms with Crippen molar-refractivity contribution in [3.8, 4) is 12.3 Å². The zero-order valence-corrected chi connectivity index (χ0v) is 23.4. The fourth-order valence-electron chi connectivity index (χ4n) is 4.29. The Kier molecular flexibility index (Phi) is 8.05. The average molecular weight is 540 g/mol. The second-order valence-corrected chi connectivity index (χ2v) is 11.3. The number of carbonyl (C=O) groups is 2. The zero-order valence-electron chi connectivity index (χ0n) is 21.8. The molecule has 38 heavy (non-hydrogen) atoms. The van der Waals surface area contributed by atoms with Gasteiger partial charge in [-0.3, -0.25) is 14.5 Å². The molecule has 1 aliphatic carbocycles. The summed E-state index contributed by atoms with van der Waals surface area (Å²) in [5.74, 6) is 1.49. The van der Waals surface area contributed by atoms with E-state index in [1.54, 1.807) is 5.38 Å². The summed E-state index contributed by atoms with van der Waals surface area (Å²) in [6.45, 7) is 7.76. The van der Waals surface area contributed by atoms with Crippen molar-refractivity contribution in [2.75, 3.05) is 4.90 Å². The van der Waals surface area contributed by atoms with Crippen molar-refractivity contribution in [2.45, 2.75) is 39.3 Å². The Morgan fingerprint density at radius 2 is 1.76 bits per heavy atom. The number of terminal acetylenes is 1. The second kappa shape index (κ2) is 11.3. The highest BCUT2D eigenvalue weighted by molar-refractivity contribution is 7.81. The van der Waals surface area contributed by atoms with E-state index in [4.69, 9.17) is 18.6 Å². The number of nitrogens with zero attached hydrogens (tertiary/aromatic N) is 2. The van der Waals surface area contributed by atoms with Crippen LogP contribution in [0.1, 0.15) is 53.0 Å². The molecule has 1 unspecified atom stereocenters. The van der Waals surface area contributed by atoms with E-state index < -0.39 is 17.5 Å². The lowest BCUT2D eigenvalue weighted by Crippen LogP contribution is -2.56. The minimum atomic E-state index is -0.845. The number of allylic oxidation sites excluding steroid dienone is 2. The predicted octanol–water partition coefficient (Wildman–Crippen LogP) is 5.87. The van der Waals surface area contributed by atoms with Crippen LogP contribution in [0.2, 0.25) is 0 Å². The van der Waals surface area contributed by atoms with E-state index in [2.05, 4.69) is 16.2 Å². The lowest BCUT2D eigenvalue weighted by atomic mass is 9.95. The van der Waals surface area contributed by atoms with Crippen LogP contribution in [-0.4, -0.2) is 33.2 Å². The van der Waals surface area contributed by atoms with E-state index in [1.807, 2.05) is 101 Å². The van der Waals surface area contributed by atoms with Crippen LogP contribution in [-0.2, 0) is 4.79 Å². The van der Waals surface area contributed by atoms with Crippen LogP contribution in [0.25, 0.3) is 0 Å². The molecule has 0 spiro atoms. The van der Waals surface area contributed by atoms with E-state index in [9.17, 15) is 9.59 Å². The number of benzene rings is 2. The number of nitrogens with one attached hydrogen (secondary N) is 1. The highest BCUT2D eigenvalue weighted by Gasteiger charge is 2.38. The molecule has 7 heteroatoms. The van der Waals surface area contributed by atoms with Gasteiger partial charge < -0.3 is 5.32 Å². The van der Waals surface area contributed by atoms with Crippen molar-refractivity contribution in [2.24, 2.45) is 5.92 Å². The van der Waals surface area contributed by atoms with Gasteiger partial charge in [-0.05, 0) is 62.4 Å². The molecular formula is C31H29N3O2S2. The maximum Gasteiger partial charge on any atom is 0.278 e. The topological polar surface area (TPSA) is 62.3 Å². The summed E-state index contributed by atoms with van der Waals surface area (Å²) in [7, 11) is 0. The first kappa shape index (κ1) is 27.2. The van der Waals surface area contributed by atoms with Gasteiger partial charge in [0.15, 0.2) is 5.01 Å². The predicted molar refractivity (Wildman–Crippen MR) is 159 cm³/mol. The van der Waals surface area contributed by atoms with E-state index >= 15 is 0 Å². The molecular weight excluding hydrogens is 510 g/mol. The first-order valence-corrected chi connectivity index (χ1v) is 13.5. The number of rotatable bonds is 7. The quantitative estimate of drug-likeness (QED) is 0.232. The van der Waals surface area contributed by atoms with Crippen LogP contribution in [0.4, 0.5) is 5.69 Å². The number of hydrogen-bond donors (Lipinski definition) is 1. The number of thiocarbonyl (C=S) groups is 1. The maximum absolute atomic E-state index is 14.0. The lowest BCUT2D eigenvalue weighted by molar-refractivity contribution is -0.124. The molecule has 0 fully saturated rings. The molecule has 1 aromatic heterocycles. The molecule has 3 aromatic rings. The van der Waals surface area contributed by atoms with E-state index in [0.717, 1.165) is 21.6 Å². The van der Waals surface area contributed by atoms with Crippen LogP contribution in [0.3, 0.4) is 0 Å². The van der Waals surface area contributed by atoms with Crippen molar-refractivity contribution in [3.05, 3.63) is 106 Å². The summed E-state index contributed by atoms with van der Waals surface area (Å²) < 4.78 is 0. The molecule has 0 aliphatic heterocycles. The average Bonchev–Trinajstić information content (AvgIpc) is 3.58. The van der Waals surface area contributed by atoms with Crippen molar-refractivity contribution < 1.29 is 9.59 Å². The molecule has 1 atom stereocenters. The fraction of sp³-hybridized carbons (Fsp3) is 0.226. The van der Waals surface area contributed by atoms with Crippen LogP contribution in [0.15, 0.2) is 78.2 Å². The number of anilines is 1. The van der Waals surface area contributed by atoms with E-state index in [0.29, 0.717) is 10.7 Å². The third-order valence-electron chi connectivity index (χ3n) is 6.05. The molecule has 1 heterocycles. The van der Waals surface area contributed by atoms with Gasteiger partial charge in [-0.15, -0.1) is 17.8 Å². The van der Waals surface area contributed by atoms with Gasteiger partial charge in [0.2, 0.25) is 5.91 Å². The third kappa shape index (κ3) is 5.99. The van der Waals surface area contributed by atoms with Crippen LogP contribution < -0.4 is 10.2 Å². The van der Waals surface area contributed by atoms with E-state index in [-0.39, 0.29) is 17.5 Å². The number of aromatic nitrogens is 1.